The number of halogens is 4. The van der Waals surface area contributed by atoms with Crippen molar-refractivity contribution in [2.45, 2.75) is 46.6 Å². The Morgan fingerprint density at radius 1 is 0.567 bits per heavy atom. The molecular weight excluding hydrogens is 1220 g/mol. The monoisotopic (exact) mass is 1290 g/mol. The SMILES string of the molecule is C.CCc1nc2ccc(-c3cnc(N4CC(=O)C4)nc3)cn2c1N(C)c1nc(-c2ccc(F)cc2)c(C#N)s1.CCc1nc2ccc(-c3cnc(N4CC(CC5CN(C)C5)C4)nc3)cn2c1N(C)c1nc(-c2ccc(F)cc2)c(C#N)s1.CN1CC(N)C1.Cl.Cl. The first-order valence-corrected chi connectivity index (χ1v) is 30.4. The number of hydrogen-bond donors (Lipinski definition) is 1. The fraction of sp³-hybridized carbons (Fsp3) is 0.328. The summed E-state index contributed by atoms with van der Waals surface area (Å²) in [6.45, 7) is 11.5. The van der Waals surface area contributed by atoms with Crippen LogP contribution in [-0.4, -0.2) is 151 Å². The minimum Gasteiger partial charge on any atom is -0.340 e. The number of ketones is 1. The minimum atomic E-state index is -0.343. The number of rotatable bonds is 14. The molecule has 4 aliphatic rings. The molecule has 10 aromatic rings. The molecule has 0 bridgehead atoms. The van der Waals surface area contributed by atoms with Gasteiger partial charge < -0.3 is 35.1 Å². The summed E-state index contributed by atoms with van der Waals surface area (Å²) >= 11 is 2.58. The second-order valence-electron chi connectivity index (χ2n) is 22.5. The van der Waals surface area contributed by atoms with Gasteiger partial charge in [0.05, 0.1) is 24.5 Å². The van der Waals surface area contributed by atoms with Crippen LogP contribution in [0.3, 0.4) is 0 Å². The van der Waals surface area contributed by atoms with Crippen LogP contribution in [-0.2, 0) is 17.6 Å². The van der Waals surface area contributed by atoms with Gasteiger partial charge in [-0.25, -0.2) is 48.7 Å². The molecule has 0 amide bonds. The zero-order valence-corrected chi connectivity index (χ0v) is 53.1. The molecule has 466 valence electrons. The van der Waals surface area contributed by atoms with Gasteiger partial charge in [0, 0.05) is 130 Å². The smallest absolute Gasteiger partial charge is 0.226 e. The van der Waals surface area contributed by atoms with Gasteiger partial charge in [-0.05, 0) is 118 Å². The number of carbonyl (C=O) groups is 1. The lowest BCUT2D eigenvalue weighted by molar-refractivity contribution is -0.119. The standard InChI is InChI=1S/C32H32FN9S.C27H21FN8OS.C4H10N2.CH4.2ClH/c1-4-26-30(40(3)32-38-29(27(12-34)43-32)22-5-8-25(33)9-6-22)42-19-23(7-10-28(42)37-26)24-13-35-31(36-14-24)41-17-21(18-41)11-20-15-39(2)16-20;1-3-21-25(34(2)27-33-24(22(10-29)38-27)16-4-7-19(28)8-5-16)36-13-17(6-9-23(36)32-21)18-11-30-26(31-12-18)35-14-20(37)15-35;1-6-2-4(5)3-6;;;/h5-10,13-14,19-21H,4,11,15-18H2,1-3H3;4-9,11-13H,3,14-15H2,1-2H3;4H,2-3,5H2,1H3;1H4;2*1H. The quantitative estimate of drug-likeness (QED) is 0.107. The van der Waals surface area contributed by atoms with Gasteiger partial charge in [-0.15, -0.1) is 24.8 Å². The summed E-state index contributed by atoms with van der Waals surface area (Å²) in [6.07, 6.45) is 14.1. The molecule has 4 saturated heterocycles. The maximum Gasteiger partial charge on any atom is 0.226 e. The molecule has 20 nitrogen and oxygen atoms in total. The molecule has 8 aromatic heterocycles. The highest BCUT2D eigenvalue weighted by Gasteiger charge is 2.34. The number of aryl methyl sites for hydroxylation is 2. The van der Waals surface area contributed by atoms with E-state index in [1.165, 1.54) is 66.4 Å². The van der Waals surface area contributed by atoms with E-state index < -0.39 is 0 Å². The highest BCUT2D eigenvalue weighted by Crippen LogP contribution is 2.40. The van der Waals surface area contributed by atoms with Gasteiger partial charge >= 0.3 is 0 Å². The second kappa shape index (κ2) is 28.1. The number of nitriles is 2. The highest BCUT2D eigenvalue weighted by atomic mass is 35.5. The number of imidazole rings is 2. The third-order valence-corrected chi connectivity index (χ3v) is 18.0. The minimum absolute atomic E-state index is 0. The van der Waals surface area contributed by atoms with Crippen molar-refractivity contribution < 1.29 is 13.6 Å². The van der Waals surface area contributed by atoms with Gasteiger partial charge in [0.2, 0.25) is 11.9 Å². The van der Waals surface area contributed by atoms with E-state index in [1.54, 1.807) is 36.7 Å². The number of anilines is 6. The number of fused-ring (bicyclic) bond motifs is 2. The van der Waals surface area contributed by atoms with Crippen molar-refractivity contribution in [2.75, 3.05) is 100 Å². The summed E-state index contributed by atoms with van der Waals surface area (Å²) in [5, 5.41) is 20.9. The van der Waals surface area contributed by atoms with E-state index in [2.05, 4.69) is 68.4 Å². The van der Waals surface area contributed by atoms with Crippen molar-refractivity contribution in [3.05, 3.63) is 143 Å². The molecule has 4 aliphatic heterocycles. The number of likely N-dealkylation sites (N-methyl/N-ethyl adjacent to an activating group) is 1. The van der Waals surface area contributed by atoms with Gasteiger partial charge in [-0.3, -0.25) is 13.6 Å². The van der Waals surface area contributed by atoms with E-state index in [9.17, 15) is 24.1 Å². The fourth-order valence-corrected chi connectivity index (χ4v) is 13.1. The molecule has 4 fully saturated rings. The summed E-state index contributed by atoms with van der Waals surface area (Å²) in [5.41, 5.74) is 14.9. The Bertz CT molecular complexity index is 4210. The van der Waals surface area contributed by atoms with Crippen LogP contribution in [0, 0.1) is 46.1 Å². The number of likely N-dealkylation sites (tertiary alicyclic amines) is 2. The van der Waals surface area contributed by atoms with Crippen molar-refractivity contribution in [1.29, 1.82) is 10.5 Å². The largest absolute Gasteiger partial charge is 0.340 e. The summed E-state index contributed by atoms with van der Waals surface area (Å²) in [6, 6.07) is 24.9. The van der Waals surface area contributed by atoms with E-state index in [4.69, 9.17) is 35.6 Å². The summed E-state index contributed by atoms with van der Waals surface area (Å²) < 4.78 is 31.0. The molecule has 90 heavy (non-hydrogen) atoms. The molecule has 0 radical (unpaired) electrons. The van der Waals surface area contributed by atoms with Gasteiger partial charge in [0.25, 0.3) is 0 Å². The van der Waals surface area contributed by atoms with Gasteiger partial charge in [0.15, 0.2) is 16.0 Å². The Kier molecular flexibility index (Phi) is 20.5. The topological polar surface area (TPSA) is 222 Å². The van der Waals surface area contributed by atoms with Gasteiger partial charge in [0.1, 0.15) is 67.8 Å². The lowest BCUT2D eigenvalue weighted by Crippen LogP contribution is -2.53. The average molecular weight is 1290 g/mol. The molecule has 0 unspecified atom stereocenters. The predicted octanol–water partition coefficient (Wildman–Crippen LogP) is 11.0. The molecule has 2 N–H and O–H groups in total. The number of nitrogens with two attached hydrogens (primary N) is 1. The van der Waals surface area contributed by atoms with Crippen molar-refractivity contribution in [3.8, 4) is 56.9 Å². The zero-order chi connectivity index (χ0) is 60.6. The van der Waals surface area contributed by atoms with Crippen LogP contribution in [0.25, 0.3) is 56.1 Å². The third-order valence-electron chi connectivity index (χ3n) is 16.0. The fourth-order valence-electron chi connectivity index (χ4n) is 11.4. The van der Waals surface area contributed by atoms with Crippen LogP contribution >= 0.6 is 47.5 Å². The Labute approximate surface area is 541 Å². The molecule has 2 aromatic carbocycles. The number of carbonyl (C=O) groups excluding carboxylic acids is 1. The summed E-state index contributed by atoms with van der Waals surface area (Å²) in [4.78, 5) is 62.3. The maximum atomic E-state index is 13.5. The van der Waals surface area contributed by atoms with Crippen LogP contribution in [0.4, 0.5) is 42.6 Å². The Hall–Kier alpha value is -8.59. The first-order chi connectivity index (χ1) is 42.1. The van der Waals surface area contributed by atoms with E-state index >= 15 is 0 Å². The molecule has 0 spiro atoms. The normalized spacial score (nSPS) is 14.9. The molecule has 0 atom stereocenters. The van der Waals surface area contributed by atoms with Crippen LogP contribution in [0.2, 0.25) is 0 Å². The number of thiazole rings is 2. The van der Waals surface area contributed by atoms with E-state index in [-0.39, 0.29) is 49.7 Å². The summed E-state index contributed by atoms with van der Waals surface area (Å²) in [7, 11) is 8.09. The molecule has 0 aliphatic carbocycles. The number of Topliss-reactive ketones (excluding diaryl/α,β-unsaturated/α-hetero) is 1. The Morgan fingerprint density at radius 3 is 1.31 bits per heavy atom. The van der Waals surface area contributed by atoms with E-state index in [1.807, 2.05) is 83.0 Å². The van der Waals surface area contributed by atoms with Crippen LogP contribution in [0.1, 0.15) is 48.8 Å². The number of aromatic nitrogens is 10. The molecular formula is C64H69Cl2F2N19OS2. The highest BCUT2D eigenvalue weighted by molar-refractivity contribution is 7.17. The van der Waals surface area contributed by atoms with Gasteiger partial charge in [-0.2, -0.15) is 10.5 Å². The van der Waals surface area contributed by atoms with Crippen molar-refractivity contribution in [3.63, 3.8) is 0 Å². The average Bonchev–Trinajstić information content (AvgIpc) is 1.70. The number of pyridine rings is 2. The Balaban J connectivity index is 0.000000190. The predicted molar refractivity (Wildman–Crippen MR) is 357 cm³/mol. The van der Waals surface area contributed by atoms with Crippen molar-refractivity contribution >= 4 is 98.4 Å². The summed E-state index contributed by atoms with van der Waals surface area (Å²) in [5.74, 6) is 4.14. The first kappa shape index (κ1) is 65.8. The third kappa shape index (κ3) is 13.6. The van der Waals surface area contributed by atoms with Crippen LogP contribution < -0.4 is 25.3 Å². The molecule has 26 heteroatoms. The van der Waals surface area contributed by atoms with E-state index in [0.29, 0.717) is 74.0 Å². The maximum absolute atomic E-state index is 13.5. The number of nitrogens with zero attached hydrogens (tertiary/aromatic N) is 18. The van der Waals surface area contributed by atoms with Crippen molar-refractivity contribution in [1.82, 2.24) is 58.5 Å². The molecule has 12 heterocycles. The van der Waals surface area contributed by atoms with E-state index in [0.717, 1.165) is 107 Å². The number of benzene rings is 2. The zero-order valence-electron chi connectivity index (χ0n) is 49.8. The van der Waals surface area contributed by atoms with Crippen LogP contribution in [0.15, 0.2) is 110 Å². The van der Waals surface area contributed by atoms with Gasteiger partial charge in [-0.1, -0.05) is 43.9 Å². The number of hydrogen-bond acceptors (Lipinski definition) is 20. The van der Waals surface area contributed by atoms with Crippen LogP contribution in [0.5, 0.6) is 0 Å². The molecule has 14 rings (SSSR count). The lowest BCUT2D eigenvalue weighted by Gasteiger charge is -2.44. The lowest BCUT2D eigenvalue weighted by atomic mass is 9.85. The first-order valence-electron chi connectivity index (χ1n) is 28.8. The second-order valence-corrected chi connectivity index (χ2v) is 24.4. The molecule has 0 saturated carbocycles. The van der Waals surface area contributed by atoms with Crippen molar-refractivity contribution in [2.24, 2.45) is 17.6 Å². The Morgan fingerprint density at radius 2 is 0.956 bits per heavy atom.